The quantitative estimate of drug-likeness (QED) is 0.634. The number of rotatable bonds is 4. The first kappa shape index (κ1) is 17.1. The number of aliphatic hydroxyl groups excluding tert-OH is 1. The molecular weight excluding hydrogens is 312 g/mol. The predicted molar refractivity (Wildman–Crippen MR) is 85.1 cm³/mol. The molecule has 0 amide bonds. The summed E-state index contributed by atoms with van der Waals surface area (Å²) in [6.45, 7) is 7.35. The molecule has 0 spiro atoms. The van der Waals surface area contributed by atoms with E-state index in [-0.39, 0.29) is 6.61 Å². The van der Waals surface area contributed by atoms with Gasteiger partial charge in [0.05, 0.1) is 6.61 Å². The summed E-state index contributed by atoms with van der Waals surface area (Å²) < 4.78 is 16.4. The molecule has 2 fully saturated rings. The van der Waals surface area contributed by atoms with Crippen LogP contribution in [0, 0.1) is 0 Å². The second-order valence-corrected chi connectivity index (χ2v) is 6.63. The van der Waals surface area contributed by atoms with Gasteiger partial charge in [0.25, 0.3) is 0 Å². The molecule has 1 aromatic carbocycles. The molecule has 130 valence electrons. The Balaban J connectivity index is 1.90. The highest BCUT2D eigenvalue weighted by Gasteiger charge is 2.63. The van der Waals surface area contributed by atoms with Crippen molar-refractivity contribution in [2.24, 2.45) is 0 Å². The van der Waals surface area contributed by atoms with Crippen molar-refractivity contribution in [3.05, 3.63) is 48.6 Å². The van der Waals surface area contributed by atoms with Gasteiger partial charge in [-0.15, -0.1) is 6.58 Å². The van der Waals surface area contributed by atoms with Gasteiger partial charge in [-0.3, -0.25) is 0 Å². The van der Waals surface area contributed by atoms with Crippen molar-refractivity contribution in [1.29, 1.82) is 0 Å². The van der Waals surface area contributed by atoms with Gasteiger partial charge in [0.2, 0.25) is 5.60 Å². The molecule has 5 atom stereocenters. The highest BCUT2D eigenvalue weighted by atomic mass is 16.8. The monoisotopic (exact) mass is 334 g/mol. The highest BCUT2D eigenvalue weighted by Crippen LogP contribution is 2.42. The number of carbonyl (C=O) groups excluding carboxylic acids is 1. The number of cyclic esters (lactones) is 1. The number of hydrogen-bond donors (Lipinski definition) is 2. The van der Waals surface area contributed by atoms with Crippen LogP contribution in [0.5, 0.6) is 0 Å². The van der Waals surface area contributed by atoms with E-state index in [1.165, 1.54) is 6.08 Å². The molecule has 0 aromatic heterocycles. The fourth-order valence-corrected chi connectivity index (χ4v) is 3.35. The van der Waals surface area contributed by atoms with Crippen LogP contribution in [0.25, 0.3) is 0 Å². The summed E-state index contributed by atoms with van der Waals surface area (Å²) in [5.41, 5.74) is -1.46. The lowest BCUT2D eigenvalue weighted by molar-refractivity contribution is -0.167. The van der Waals surface area contributed by atoms with E-state index >= 15 is 0 Å². The number of aliphatic hydroxyl groups is 2. The second kappa shape index (κ2) is 5.97. The minimum absolute atomic E-state index is 0.169. The van der Waals surface area contributed by atoms with Gasteiger partial charge in [0.15, 0.2) is 11.9 Å². The van der Waals surface area contributed by atoms with E-state index in [2.05, 4.69) is 6.58 Å². The van der Waals surface area contributed by atoms with Crippen molar-refractivity contribution in [3.63, 3.8) is 0 Å². The fourth-order valence-electron chi connectivity index (χ4n) is 3.35. The Morgan fingerprint density at radius 1 is 1.33 bits per heavy atom. The van der Waals surface area contributed by atoms with Crippen LogP contribution in [-0.2, 0) is 19.0 Å². The summed E-state index contributed by atoms with van der Waals surface area (Å²) in [6, 6.07) is 8.92. The van der Waals surface area contributed by atoms with E-state index in [0.29, 0.717) is 5.56 Å². The average molecular weight is 334 g/mol. The summed E-state index contributed by atoms with van der Waals surface area (Å²) >= 11 is 0. The van der Waals surface area contributed by atoms with Crippen molar-refractivity contribution in [3.8, 4) is 0 Å². The van der Waals surface area contributed by atoms with Crippen LogP contribution in [0.4, 0.5) is 0 Å². The summed E-state index contributed by atoms with van der Waals surface area (Å²) in [4.78, 5) is 12.4. The van der Waals surface area contributed by atoms with Crippen molar-refractivity contribution in [1.82, 2.24) is 0 Å². The summed E-state index contributed by atoms with van der Waals surface area (Å²) in [5, 5.41) is 21.7. The SMILES string of the molecule is C=C[C@H](c1ccccc1)[C@@]1(O)C(=O)O[C@H]([C@@H]2COC(C)(C)O2)[C@@H]1O. The van der Waals surface area contributed by atoms with Gasteiger partial charge in [-0.2, -0.15) is 0 Å². The van der Waals surface area contributed by atoms with Crippen molar-refractivity contribution in [2.75, 3.05) is 6.61 Å². The lowest BCUT2D eigenvalue weighted by atomic mass is 9.77. The first-order chi connectivity index (χ1) is 11.3. The van der Waals surface area contributed by atoms with Gasteiger partial charge in [-0.1, -0.05) is 36.4 Å². The van der Waals surface area contributed by atoms with Crippen molar-refractivity contribution < 1.29 is 29.2 Å². The standard InChI is InChI=1S/C18H22O6/c1-4-12(11-8-6-5-7-9-11)18(21)15(19)14(23-16(18)20)13-10-22-17(2,3)24-13/h4-9,12-15,19,21H,1,10H2,2-3H3/t12-,13+,14-,15+,18+/m1/s1. The molecule has 6 heteroatoms. The topological polar surface area (TPSA) is 85.2 Å². The van der Waals surface area contributed by atoms with Crippen LogP contribution >= 0.6 is 0 Å². The molecule has 0 saturated carbocycles. The zero-order valence-corrected chi connectivity index (χ0v) is 13.7. The van der Waals surface area contributed by atoms with Gasteiger partial charge in [-0.25, -0.2) is 4.79 Å². The number of carbonyl (C=O) groups is 1. The molecule has 2 aliphatic rings. The maximum absolute atomic E-state index is 12.4. The van der Waals surface area contributed by atoms with Crippen molar-refractivity contribution >= 4 is 5.97 Å². The maximum atomic E-state index is 12.4. The van der Waals surface area contributed by atoms with Crippen LogP contribution < -0.4 is 0 Å². The molecule has 24 heavy (non-hydrogen) atoms. The molecule has 0 aliphatic carbocycles. The molecule has 2 saturated heterocycles. The lowest BCUT2D eigenvalue weighted by Crippen LogP contribution is -2.52. The van der Waals surface area contributed by atoms with Crippen LogP contribution in [0.1, 0.15) is 25.3 Å². The number of ether oxygens (including phenoxy) is 3. The Morgan fingerprint density at radius 2 is 2.00 bits per heavy atom. The third kappa shape index (κ3) is 2.65. The van der Waals surface area contributed by atoms with Crippen LogP contribution in [0.2, 0.25) is 0 Å². The fraction of sp³-hybridized carbons (Fsp3) is 0.500. The lowest BCUT2D eigenvalue weighted by Gasteiger charge is -2.31. The molecule has 3 rings (SSSR count). The summed E-state index contributed by atoms with van der Waals surface area (Å²) in [5.74, 6) is -2.52. The Kier molecular flexibility index (Phi) is 4.25. The largest absolute Gasteiger partial charge is 0.454 e. The first-order valence-corrected chi connectivity index (χ1v) is 7.90. The van der Waals surface area contributed by atoms with Crippen LogP contribution in [-0.4, -0.2) is 52.5 Å². The predicted octanol–water partition coefficient (Wildman–Crippen LogP) is 1.13. The van der Waals surface area contributed by atoms with E-state index < -0.39 is 41.6 Å². The first-order valence-electron chi connectivity index (χ1n) is 7.90. The normalized spacial score (nSPS) is 36.3. The molecule has 2 aliphatic heterocycles. The Labute approximate surface area is 140 Å². The Bertz CT molecular complexity index is 628. The molecular formula is C18H22O6. The third-order valence-electron chi connectivity index (χ3n) is 4.60. The molecule has 0 unspecified atom stereocenters. The van der Waals surface area contributed by atoms with Crippen LogP contribution in [0.3, 0.4) is 0 Å². The molecule has 0 radical (unpaired) electrons. The zero-order chi connectivity index (χ0) is 17.5. The second-order valence-electron chi connectivity index (χ2n) is 6.63. The third-order valence-corrected chi connectivity index (χ3v) is 4.60. The maximum Gasteiger partial charge on any atom is 0.342 e. The van der Waals surface area contributed by atoms with E-state index in [4.69, 9.17) is 14.2 Å². The highest BCUT2D eigenvalue weighted by molar-refractivity contribution is 5.85. The number of benzene rings is 1. The van der Waals surface area contributed by atoms with Gasteiger partial charge >= 0.3 is 5.97 Å². The molecule has 1 aromatic rings. The molecule has 6 nitrogen and oxygen atoms in total. The number of esters is 1. The molecule has 0 bridgehead atoms. The van der Waals surface area contributed by atoms with E-state index in [0.717, 1.165) is 0 Å². The zero-order valence-electron chi connectivity index (χ0n) is 13.7. The van der Waals surface area contributed by atoms with Gasteiger partial charge in [-0.05, 0) is 19.4 Å². The van der Waals surface area contributed by atoms with Gasteiger partial charge in [0.1, 0.15) is 12.2 Å². The van der Waals surface area contributed by atoms with Gasteiger partial charge in [0, 0.05) is 5.92 Å². The smallest absolute Gasteiger partial charge is 0.342 e. The van der Waals surface area contributed by atoms with E-state index in [1.54, 1.807) is 38.1 Å². The summed E-state index contributed by atoms with van der Waals surface area (Å²) in [6.07, 6.45) is -1.67. The average Bonchev–Trinajstić information content (AvgIpc) is 3.02. The van der Waals surface area contributed by atoms with Crippen molar-refractivity contribution in [2.45, 2.75) is 49.5 Å². The minimum atomic E-state index is -2.12. The van der Waals surface area contributed by atoms with Crippen LogP contribution in [0.15, 0.2) is 43.0 Å². The Morgan fingerprint density at radius 3 is 2.54 bits per heavy atom. The minimum Gasteiger partial charge on any atom is -0.454 e. The van der Waals surface area contributed by atoms with E-state index in [9.17, 15) is 15.0 Å². The molecule has 2 heterocycles. The van der Waals surface area contributed by atoms with E-state index in [1.807, 2.05) is 6.07 Å². The molecule has 2 N–H and O–H groups in total. The Hall–Kier alpha value is -1.73. The number of hydrogen-bond acceptors (Lipinski definition) is 6. The summed E-state index contributed by atoms with van der Waals surface area (Å²) in [7, 11) is 0. The van der Waals surface area contributed by atoms with Gasteiger partial charge < -0.3 is 24.4 Å².